The predicted molar refractivity (Wildman–Crippen MR) is 103 cm³/mol. The van der Waals surface area contributed by atoms with E-state index in [9.17, 15) is 9.90 Å². The van der Waals surface area contributed by atoms with Gasteiger partial charge in [0.05, 0.1) is 11.0 Å². The highest BCUT2D eigenvalue weighted by Crippen LogP contribution is 2.47. The van der Waals surface area contributed by atoms with Gasteiger partial charge < -0.3 is 9.84 Å². The lowest BCUT2D eigenvalue weighted by atomic mass is 9.61. The van der Waals surface area contributed by atoms with Crippen LogP contribution in [0.1, 0.15) is 79.9 Å². The Labute approximate surface area is 153 Å². The van der Waals surface area contributed by atoms with Gasteiger partial charge in [-0.05, 0) is 49.1 Å². The summed E-state index contributed by atoms with van der Waals surface area (Å²) in [4.78, 5) is 12.9. The van der Waals surface area contributed by atoms with E-state index in [0.29, 0.717) is 0 Å². The van der Waals surface area contributed by atoms with E-state index in [-0.39, 0.29) is 23.4 Å². The van der Waals surface area contributed by atoms with E-state index in [2.05, 4.69) is 41.5 Å². The van der Waals surface area contributed by atoms with E-state index in [1.54, 1.807) is 13.8 Å². The quantitative estimate of drug-likeness (QED) is 0.720. The first-order chi connectivity index (χ1) is 11.1. The van der Waals surface area contributed by atoms with Gasteiger partial charge >= 0.3 is 5.97 Å². The van der Waals surface area contributed by atoms with Crippen LogP contribution in [0.4, 0.5) is 0 Å². The van der Waals surface area contributed by atoms with Gasteiger partial charge in [0.15, 0.2) is 0 Å². The molecule has 1 aromatic rings. The van der Waals surface area contributed by atoms with E-state index in [0.717, 1.165) is 17.5 Å². The third-order valence-corrected chi connectivity index (χ3v) is 5.02. The number of carbonyl (C=O) groups is 1. The van der Waals surface area contributed by atoms with Crippen LogP contribution in [0.25, 0.3) is 0 Å². The number of aliphatic hydroxyl groups is 1. The van der Waals surface area contributed by atoms with Gasteiger partial charge in [0.1, 0.15) is 6.61 Å². The van der Waals surface area contributed by atoms with Crippen LogP contribution in [0.2, 0.25) is 0 Å². The Balaban J connectivity index is 2.88. The van der Waals surface area contributed by atoms with Crippen molar-refractivity contribution < 1.29 is 14.6 Å². The predicted octanol–water partition coefficient (Wildman–Crippen LogP) is 5.45. The van der Waals surface area contributed by atoms with Crippen molar-refractivity contribution in [1.82, 2.24) is 0 Å². The standard InChI is InChI=1S/C22H36O3/c1-19(2,3)15-22(9,20(4,5)6)18(23)25-14-16-10-12-17(13-11-16)21(7,8)24/h10-13,24H,14-15H2,1-9H3. The molecule has 1 aromatic carbocycles. The van der Waals surface area contributed by atoms with Crippen molar-refractivity contribution in [2.24, 2.45) is 16.2 Å². The highest BCUT2D eigenvalue weighted by molar-refractivity contribution is 5.77. The van der Waals surface area contributed by atoms with Crippen LogP contribution in [-0.4, -0.2) is 11.1 Å². The fourth-order valence-corrected chi connectivity index (χ4v) is 3.02. The number of carbonyl (C=O) groups excluding carboxylic acids is 1. The summed E-state index contributed by atoms with van der Waals surface area (Å²) in [6.07, 6.45) is 0.764. The van der Waals surface area contributed by atoms with Crippen molar-refractivity contribution in [2.45, 2.75) is 80.9 Å². The lowest BCUT2D eigenvalue weighted by molar-refractivity contribution is -0.166. The third-order valence-electron chi connectivity index (χ3n) is 5.02. The zero-order valence-electron chi connectivity index (χ0n) is 17.5. The second-order valence-corrected chi connectivity index (χ2v) is 10.2. The highest BCUT2D eigenvalue weighted by Gasteiger charge is 2.47. The molecule has 1 atom stereocenters. The minimum absolute atomic E-state index is 0.0371. The Morgan fingerprint density at radius 1 is 0.920 bits per heavy atom. The topological polar surface area (TPSA) is 46.5 Å². The number of hydrogen-bond donors (Lipinski definition) is 1. The number of rotatable bonds is 5. The van der Waals surface area contributed by atoms with Crippen LogP contribution in [-0.2, 0) is 21.7 Å². The number of esters is 1. The number of ether oxygens (including phenoxy) is 1. The van der Waals surface area contributed by atoms with E-state index >= 15 is 0 Å². The van der Waals surface area contributed by atoms with Crippen molar-refractivity contribution in [2.75, 3.05) is 0 Å². The largest absolute Gasteiger partial charge is 0.460 e. The second kappa shape index (κ2) is 7.11. The Hall–Kier alpha value is -1.35. The van der Waals surface area contributed by atoms with Crippen molar-refractivity contribution in [1.29, 1.82) is 0 Å². The minimum atomic E-state index is -0.868. The first kappa shape index (κ1) is 21.7. The summed E-state index contributed by atoms with van der Waals surface area (Å²) in [5.74, 6) is -0.151. The molecular formula is C22H36O3. The SMILES string of the molecule is CC(C)(C)CC(C)(C(=O)OCc1ccc(C(C)(C)O)cc1)C(C)(C)C. The summed E-state index contributed by atoms with van der Waals surface area (Å²) in [5, 5.41) is 10.0. The Bertz CT molecular complexity index is 580. The van der Waals surface area contributed by atoms with Crippen LogP contribution in [0.3, 0.4) is 0 Å². The van der Waals surface area contributed by atoms with Gasteiger partial charge in [-0.1, -0.05) is 65.8 Å². The minimum Gasteiger partial charge on any atom is -0.460 e. The molecule has 0 heterocycles. The monoisotopic (exact) mass is 348 g/mol. The average molecular weight is 349 g/mol. The van der Waals surface area contributed by atoms with Crippen molar-refractivity contribution >= 4 is 5.97 Å². The van der Waals surface area contributed by atoms with Gasteiger partial charge in [0.25, 0.3) is 0 Å². The maximum absolute atomic E-state index is 12.9. The summed E-state index contributed by atoms with van der Waals surface area (Å²) in [5.41, 5.74) is 0.186. The highest BCUT2D eigenvalue weighted by atomic mass is 16.5. The van der Waals surface area contributed by atoms with E-state index in [1.165, 1.54) is 0 Å². The van der Waals surface area contributed by atoms with E-state index < -0.39 is 11.0 Å². The Morgan fingerprint density at radius 2 is 1.40 bits per heavy atom. The summed E-state index contributed by atoms with van der Waals surface area (Å²) >= 11 is 0. The molecule has 0 bridgehead atoms. The molecular weight excluding hydrogens is 312 g/mol. The molecule has 3 heteroatoms. The van der Waals surface area contributed by atoms with Crippen molar-refractivity contribution in [3.05, 3.63) is 35.4 Å². The van der Waals surface area contributed by atoms with E-state index in [1.807, 2.05) is 31.2 Å². The molecule has 25 heavy (non-hydrogen) atoms. The first-order valence-corrected chi connectivity index (χ1v) is 9.05. The third kappa shape index (κ3) is 5.85. The fourth-order valence-electron chi connectivity index (χ4n) is 3.02. The molecule has 0 aliphatic heterocycles. The molecule has 1 rings (SSSR count). The van der Waals surface area contributed by atoms with E-state index in [4.69, 9.17) is 4.74 Å². The second-order valence-electron chi connectivity index (χ2n) is 10.2. The lowest BCUT2D eigenvalue weighted by Crippen LogP contribution is -2.44. The fraction of sp³-hybridized carbons (Fsp3) is 0.682. The van der Waals surface area contributed by atoms with Gasteiger partial charge in [0.2, 0.25) is 0 Å². The maximum Gasteiger partial charge on any atom is 0.312 e. The van der Waals surface area contributed by atoms with Crippen LogP contribution >= 0.6 is 0 Å². The molecule has 0 amide bonds. The van der Waals surface area contributed by atoms with Crippen LogP contribution in [0, 0.1) is 16.2 Å². The van der Waals surface area contributed by atoms with Gasteiger partial charge in [-0.3, -0.25) is 4.79 Å². The Morgan fingerprint density at radius 3 is 1.76 bits per heavy atom. The molecule has 0 fully saturated rings. The van der Waals surface area contributed by atoms with Gasteiger partial charge in [-0.25, -0.2) is 0 Å². The summed E-state index contributed by atoms with van der Waals surface area (Å²) in [7, 11) is 0. The van der Waals surface area contributed by atoms with Gasteiger partial charge in [-0.2, -0.15) is 0 Å². The lowest BCUT2D eigenvalue weighted by Gasteiger charge is -2.43. The average Bonchev–Trinajstić information content (AvgIpc) is 2.41. The molecule has 0 aliphatic rings. The molecule has 1 unspecified atom stereocenters. The zero-order valence-corrected chi connectivity index (χ0v) is 17.5. The molecule has 0 aliphatic carbocycles. The van der Waals surface area contributed by atoms with Crippen LogP contribution in [0.5, 0.6) is 0 Å². The zero-order chi connectivity index (χ0) is 19.7. The summed E-state index contributed by atoms with van der Waals surface area (Å²) < 4.78 is 5.69. The summed E-state index contributed by atoms with van der Waals surface area (Å²) in [6.45, 7) is 18.5. The van der Waals surface area contributed by atoms with Crippen molar-refractivity contribution in [3.8, 4) is 0 Å². The van der Waals surface area contributed by atoms with Gasteiger partial charge in [0, 0.05) is 0 Å². The molecule has 3 nitrogen and oxygen atoms in total. The molecule has 0 aromatic heterocycles. The van der Waals surface area contributed by atoms with Crippen LogP contribution in [0.15, 0.2) is 24.3 Å². The molecule has 0 saturated heterocycles. The number of hydrogen-bond acceptors (Lipinski definition) is 3. The first-order valence-electron chi connectivity index (χ1n) is 9.05. The van der Waals surface area contributed by atoms with Gasteiger partial charge in [-0.15, -0.1) is 0 Å². The molecule has 0 radical (unpaired) electrons. The Kier molecular flexibility index (Phi) is 6.17. The summed E-state index contributed by atoms with van der Waals surface area (Å²) in [6, 6.07) is 7.56. The van der Waals surface area contributed by atoms with Crippen molar-refractivity contribution in [3.63, 3.8) is 0 Å². The number of benzene rings is 1. The molecule has 1 N–H and O–H groups in total. The smallest absolute Gasteiger partial charge is 0.312 e. The molecule has 0 saturated carbocycles. The normalized spacial score (nSPS) is 15.6. The molecule has 142 valence electrons. The maximum atomic E-state index is 12.9. The molecule has 0 spiro atoms. The van der Waals surface area contributed by atoms with Crippen LogP contribution < -0.4 is 0 Å².